The van der Waals surface area contributed by atoms with Gasteiger partial charge in [0.15, 0.2) is 0 Å². The number of hydrogen-bond acceptors (Lipinski definition) is 6. The number of aliphatic imine (C=N–C) groups is 1. The number of aliphatic carboxylic acids is 1. The molecule has 1 aliphatic heterocycles. The number of aromatic hydroxyl groups is 1. The first kappa shape index (κ1) is 13.1. The van der Waals surface area contributed by atoms with Gasteiger partial charge in [-0.3, -0.25) is 0 Å². The second-order valence-electron chi connectivity index (χ2n) is 3.62. The van der Waals surface area contributed by atoms with Crippen LogP contribution in [0.1, 0.15) is 0 Å². The van der Waals surface area contributed by atoms with Gasteiger partial charge in [-0.25, -0.2) is 18.2 Å². The molecule has 8 heteroatoms. The number of benzene rings is 1. The molecule has 1 aliphatic rings. The molecule has 7 nitrogen and oxygen atoms in total. The van der Waals surface area contributed by atoms with Crippen molar-refractivity contribution in [3.63, 3.8) is 0 Å². The summed E-state index contributed by atoms with van der Waals surface area (Å²) in [5.41, 5.74) is 0. The van der Waals surface area contributed by atoms with Crippen molar-refractivity contribution in [3.05, 3.63) is 35.4 Å². The van der Waals surface area contributed by atoms with Gasteiger partial charge in [-0.1, -0.05) is 0 Å². The smallest absolute Gasteiger partial charge is 0.366 e. The van der Waals surface area contributed by atoms with E-state index in [1.807, 2.05) is 0 Å². The second kappa shape index (κ2) is 4.73. The zero-order chi connectivity index (χ0) is 14.0. The molecule has 0 aliphatic carbocycles. The topological polar surface area (TPSA) is 113 Å². The summed E-state index contributed by atoms with van der Waals surface area (Å²) in [5, 5.41) is 16.8. The van der Waals surface area contributed by atoms with Crippen LogP contribution in [-0.2, 0) is 14.6 Å². The van der Waals surface area contributed by atoms with Crippen molar-refractivity contribution in [2.24, 2.45) is 4.99 Å². The number of phenolic OH excluding ortho intramolecular Hbond substituents is 1. The molecule has 1 aromatic carbocycles. The average Bonchev–Trinajstić information content (AvgIpc) is 2.64. The van der Waals surface area contributed by atoms with Crippen LogP contribution in [-0.4, -0.2) is 36.3 Å². The standard InChI is InChI=1S/C11H9NO6S/c13-7-1-3-8(4-2-7)18-6-9-5-12-10(11(14)15)19(9,16)17/h1-5,13H,6H2,(H,14,15). The Bertz CT molecular complexity index is 672. The molecule has 0 amide bonds. The van der Waals surface area contributed by atoms with Crippen LogP contribution in [0.4, 0.5) is 0 Å². The van der Waals surface area contributed by atoms with Crippen molar-refractivity contribution in [1.29, 1.82) is 0 Å². The third kappa shape index (κ3) is 2.58. The third-order valence-electron chi connectivity index (χ3n) is 2.33. The van der Waals surface area contributed by atoms with Crippen molar-refractivity contribution in [1.82, 2.24) is 0 Å². The molecule has 0 saturated heterocycles. The first-order valence-electron chi connectivity index (χ1n) is 5.08. The molecule has 0 bridgehead atoms. The number of carbonyl (C=O) groups is 1. The summed E-state index contributed by atoms with van der Waals surface area (Å²) in [6.07, 6.45) is 0.958. The molecular weight excluding hydrogens is 274 g/mol. The van der Waals surface area contributed by atoms with Crippen molar-refractivity contribution in [2.75, 3.05) is 6.61 Å². The quantitative estimate of drug-likeness (QED) is 0.833. The van der Waals surface area contributed by atoms with Gasteiger partial charge in [-0.15, -0.1) is 0 Å². The minimum Gasteiger partial charge on any atom is -0.508 e. The lowest BCUT2D eigenvalue weighted by molar-refractivity contribution is -0.129. The van der Waals surface area contributed by atoms with E-state index in [-0.39, 0.29) is 17.3 Å². The molecule has 0 saturated carbocycles. The van der Waals surface area contributed by atoms with Gasteiger partial charge in [-0.2, -0.15) is 0 Å². The Kier molecular flexibility index (Phi) is 3.26. The molecule has 0 spiro atoms. The first-order valence-corrected chi connectivity index (χ1v) is 6.56. The fourth-order valence-corrected chi connectivity index (χ4v) is 2.45. The van der Waals surface area contributed by atoms with Crippen LogP contribution in [0.15, 0.2) is 40.4 Å². The fourth-order valence-electron chi connectivity index (χ4n) is 1.38. The Balaban J connectivity index is 2.07. The Morgan fingerprint density at radius 1 is 1.26 bits per heavy atom. The maximum absolute atomic E-state index is 11.7. The number of rotatable bonds is 4. The highest BCUT2D eigenvalue weighted by Gasteiger charge is 2.35. The van der Waals surface area contributed by atoms with E-state index < -0.39 is 20.9 Å². The number of ether oxygens (including phenoxy) is 1. The SMILES string of the molecule is O=C(O)C1=NC=C(COc2ccc(O)cc2)S1(=O)=O. The lowest BCUT2D eigenvalue weighted by Crippen LogP contribution is -2.24. The Morgan fingerprint density at radius 2 is 1.89 bits per heavy atom. The Hall–Kier alpha value is -2.35. The predicted molar refractivity (Wildman–Crippen MR) is 65.7 cm³/mol. The Morgan fingerprint density at radius 3 is 2.42 bits per heavy atom. The van der Waals surface area contributed by atoms with Gasteiger partial charge in [0.05, 0.1) is 0 Å². The van der Waals surface area contributed by atoms with E-state index in [1.165, 1.54) is 24.3 Å². The molecule has 0 fully saturated rings. The number of hydrogen-bond donors (Lipinski definition) is 2. The van der Waals surface area contributed by atoms with E-state index in [2.05, 4.69) is 4.99 Å². The van der Waals surface area contributed by atoms with Gasteiger partial charge in [0.2, 0.25) is 14.9 Å². The molecule has 2 rings (SSSR count). The zero-order valence-electron chi connectivity index (χ0n) is 9.48. The van der Waals surface area contributed by atoms with Gasteiger partial charge in [0.1, 0.15) is 23.0 Å². The van der Waals surface area contributed by atoms with Gasteiger partial charge < -0.3 is 14.9 Å². The summed E-state index contributed by atoms with van der Waals surface area (Å²) < 4.78 is 28.6. The summed E-state index contributed by atoms with van der Waals surface area (Å²) >= 11 is 0. The minimum atomic E-state index is -4.07. The van der Waals surface area contributed by atoms with Crippen molar-refractivity contribution in [3.8, 4) is 11.5 Å². The van der Waals surface area contributed by atoms with Crippen molar-refractivity contribution in [2.45, 2.75) is 0 Å². The summed E-state index contributed by atoms with van der Waals surface area (Å²) in [6, 6.07) is 5.67. The van der Waals surface area contributed by atoms with Crippen LogP contribution in [0.2, 0.25) is 0 Å². The summed E-state index contributed by atoms with van der Waals surface area (Å²) in [6.45, 7) is -0.326. The molecule has 2 N–H and O–H groups in total. The van der Waals surface area contributed by atoms with E-state index in [4.69, 9.17) is 14.9 Å². The van der Waals surface area contributed by atoms with Crippen LogP contribution in [0.3, 0.4) is 0 Å². The predicted octanol–water partition coefficient (Wildman–Crippen LogP) is 0.524. The fraction of sp³-hybridized carbons (Fsp3) is 0.0909. The number of phenols is 1. The van der Waals surface area contributed by atoms with E-state index in [0.717, 1.165) is 6.20 Å². The van der Waals surface area contributed by atoms with Crippen LogP contribution in [0, 0.1) is 0 Å². The molecule has 1 aromatic rings. The van der Waals surface area contributed by atoms with Crippen LogP contribution >= 0.6 is 0 Å². The van der Waals surface area contributed by atoms with E-state index in [9.17, 15) is 13.2 Å². The second-order valence-corrected chi connectivity index (χ2v) is 5.54. The summed E-state index contributed by atoms with van der Waals surface area (Å²) in [4.78, 5) is 13.8. The highest BCUT2D eigenvalue weighted by atomic mass is 32.2. The minimum absolute atomic E-state index is 0.0524. The first-order chi connectivity index (χ1) is 8.91. The third-order valence-corrected chi connectivity index (χ3v) is 4.03. The zero-order valence-corrected chi connectivity index (χ0v) is 10.3. The van der Waals surface area contributed by atoms with E-state index >= 15 is 0 Å². The average molecular weight is 283 g/mol. The highest BCUT2D eigenvalue weighted by Crippen LogP contribution is 2.21. The summed E-state index contributed by atoms with van der Waals surface area (Å²) in [5.74, 6) is -1.20. The number of sulfone groups is 1. The molecule has 0 unspecified atom stereocenters. The van der Waals surface area contributed by atoms with Crippen LogP contribution < -0.4 is 4.74 Å². The normalized spacial score (nSPS) is 16.6. The lowest BCUT2D eigenvalue weighted by atomic mass is 10.3. The summed E-state index contributed by atoms with van der Waals surface area (Å²) in [7, 11) is -4.07. The molecular formula is C11H9NO6S. The van der Waals surface area contributed by atoms with E-state index in [0.29, 0.717) is 5.75 Å². The van der Waals surface area contributed by atoms with Crippen LogP contribution in [0.25, 0.3) is 0 Å². The monoisotopic (exact) mass is 283 g/mol. The number of carboxylic acids is 1. The number of carboxylic acid groups (broad SMARTS) is 1. The number of nitrogens with zero attached hydrogens (tertiary/aromatic N) is 1. The van der Waals surface area contributed by atoms with Gasteiger partial charge in [0, 0.05) is 6.20 Å². The largest absolute Gasteiger partial charge is 0.508 e. The highest BCUT2D eigenvalue weighted by molar-refractivity contribution is 8.11. The lowest BCUT2D eigenvalue weighted by Gasteiger charge is -2.06. The van der Waals surface area contributed by atoms with Crippen molar-refractivity contribution >= 4 is 20.9 Å². The van der Waals surface area contributed by atoms with E-state index in [1.54, 1.807) is 0 Å². The molecule has 0 aromatic heterocycles. The van der Waals surface area contributed by atoms with Gasteiger partial charge in [0.25, 0.3) is 0 Å². The van der Waals surface area contributed by atoms with Gasteiger partial charge >= 0.3 is 5.97 Å². The molecule has 0 radical (unpaired) electrons. The molecule has 100 valence electrons. The maximum atomic E-state index is 11.7. The van der Waals surface area contributed by atoms with Gasteiger partial charge in [-0.05, 0) is 24.3 Å². The molecule has 1 heterocycles. The maximum Gasteiger partial charge on any atom is 0.366 e. The molecule has 0 atom stereocenters. The Labute approximate surface area is 108 Å². The van der Waals surface area contributed by atoms with Crippen molar-refractivity contribution < 1.29 is 28.2 Å². The molecule has 19 heavy (non-hydrogen) atoms. The van der Waals surface area contributed by atoms with Crippen LogP contribution in [0.5, 0.6) is 11.5 Å².